The number of benzene rings is 2. The Morgan fingerprint density at radius 2 is 1.97 bits per heavy atom. The van der Waals surface area contributed by atoms with Crippen LogP contribution in [0.2, 0.25) is 10.2 Å². The van der Waals surface area contributed by atoms with E-state index in [-0.39, 0.29) is 16.8 Å². The Labute approximate surface area is 231 Å². The van der Waals surface area contributed by atoms with Gasteiger partial charge in [0, 0.05) is 39.2 Å². The smallest absolute Gasteiger partial charge is 0.252 e. The number of nitrogens with zero attached hydrogens (tertiary/aromatic N) is 6. The number of halogens is 2. The van der Waals surface area contributed by atoms with Crippen molar-refractivity contribution in [2.45, 2.75) is 25.3 Å². The average Bonchev–Trinajstić information content (AvgIpc) is 3.28. The van der Waals surface area contributed by atoms with E-state index in [0.717, 1.165) is 62.7 Å². The zero-order chi connectivity index (χ0) is 26.4. The zero-order valence-electron chi connectivity index (χ0n) is 20.5. The minimum Gasteiger partial charge on any atom is -0.356 e. The van der Waals surface area contributed by atoms with E-state index in [1.165, 1.54) is 0 Å². The van der Waals surface area contributed by atoms with E-state index in [2.05, 4.69) is 26.5 Å². The van der Waals surface area contributed by atoms with Crippen molar-refractivity contribution >= 4 is 34.2 Å². The van der Waals surface area contributed by atoms with E-state index >= 15 is 0 Å². The van der Waals surface area contributed by atoms with Crippen molar-refractivity contribution in [3.63, 3.8) is 0 Å². The summed E-state index contributed by atoms with van der Waals surface area (Å²) in [6, 6.07) is 15.0. The van der Waals surface area contributed by atoms with Crippen molar-refractivity contribution in [2.24, 2.45) is 5.92 Å². The van der Waals surface area contributed by atoms with Crippen LogP contribution >= 0.6 is 23.2 Å². The molecule has 0 amide bonds. The van der Waals surface area contributed by atoms with Gasteiger partial charge in [0.15, 0.2) is 10.7 Å². The third-order valence-corrected chi connectivity index (χ3v) is 8.23. The molecule has 5 heterocycles. The molecule has 0 radical (unpaired) electrons. The second kappa shape index (κ2) is 8.14. The number of aromatic nitrogens is 7. The second-order valence-electron chi connectivity index (χ2n) is 10.1. The third-order valence-electron chi connectivity index (χ3n) is 7.82. The van der Waals surface area contributed by atoms with Crippen molar-refractivity contribution in [2.75, 3.05) is 0 Å². The van der Waals surface area contributed by atoms with Crippen LogP contribution in [0.4, 0.5) is 0 Å². The lowest BCUT2D eigenvalue weighted by molar-refractivity contribution is 0.450. The summed E-state index contributed by atoms with van der Waals surface area (Å²) in [5, 5.41) is 13.9. The molecule has 3 atom stereocenters. The van der Waals surface area contributed by atoms with E-state index in [1.807, 2.05) is 48.0 Å². The van der Waals surface area contributed by atoms with Crippen LogP contribution in [0.25, 0.3) is 39.0 Å². The van der Waals surface area contributed by atoms with Crippen LogP contribution in [0.1, 0.15) is 35.6 Å². The van der Waals surface area contributed by atoms with Gasteiger partial charge in [-0.05, 0) is 61.2 Å². The third kappa shape index (κ3) is 3.50. The Morgan fingerprint density at radius 3 is 2.82 bits per heavy atom. The van der Waals surface area contributed by atoms with Gasteiger partial charge >= 0.3 is 0 Å². The fourth-order valence-electron chi connectivity index (χ4n) is 5.92. The molecule has 1 saturated carbocycles. The summed E-state index contributed by atoms with van der Waals surface area (Å²) in [5.74, 6) is 1.40. The summed E-state index contributed by atoms with van der Waals surface area (Å²) < 4.78 is 8.91. The van der Waals surface area contributed by atoms with Gasteiger partial charge in [-0.2, -0.15) is 0 Å². The van der Waals surface area contributed by atoms with Crippen molar-refractivity contribution in [3.05, 3.63) is 98.7 Å². The number of rotatable bonds is 4. The van der Waals surface area contributed by atoms with Crippen molar-refractivity contribution in [3.8, 4) is 28.1 Å². The van der Waals surface area contributed by atoms with Gasteiger partial charge in [0.1, 0.15) is 5.82 Å². The van der Waals surface area contributed by atoms with Gasteiger partial charge in [0.25, 0.3) is 5.56 Å². The summed E-state index contributed by atoms with van der Waals surface area (Å²) in [5.41, 5.74) is 6.62. The summed E-state index contributed by atoms with van der Waals surface area (Å²) in [4.78, 5) is 21.8. The van der Waals surface area contributed by atoms with E-state index in [0.29, 0.717) is 16.9 Å². The highest BCUT2D eigenvalue weighted by molar-refractivity contribution is 6.31. The quantitative estimate of drug-likeness (QED) is 0.288. The first kappa shape index (κ1) is 22.7. The topological polar surface area (TPSA) is 107 Å². The number of aryl methyl sites for hydroxylation is 1. The van der Waals surface area contributed by atoms with Gasteiger partial charge in [0.2, 0.25) is 0 Å². The highest BCUT2D eigenvalue weighted by Crippen LogP contribution is 2.60. The number of pyridine rings is 1. The zero-order valence-corrected chi connectivity index (χ0v) is 22.0. The van der Waals surface area contributed by atoms with Gasteiger partial charge in [0.05, 0.1) is 35.5 Å². The van der Waals surface area contributed by atoms with Crippen molar-refractivity contribution in [1.29, 1.82) is 0 Å². The van der Waals surface area contributed by atoms with E-state index in [4.69, 9.17) is 32.7 Å². The lowest BCUT2D eigenvalue weighted by Gasteiger charge is -2.18. The number of H-pyrrole nitrogens is 1. The minimum absolute atomic E-state index is 0.0845. The Morgan fingerprint density at radius 1 is 1.08 bits per heavy atom. The molecule has 0 spiro atoms. The maximum atomic E-state index is 13.6. The molecule has 1 fully saturated rings. The Kier molecular flexibility index (Phi) is 4.75. The summed E-state index contributed by atoms with van der Waals surface area (Å²) in [7, 11) is 0. The molecule has 1 N–H and O–H groups in total. The molecule has 1 aliphatic carbocycles. The van der Waals surface area contributed by atoms with Gasteiger partial charge < -0.3 is 14.1 Å². The molecular weight excluding hydrogens is 537 g/mol. The highest BCUT2D eigenvalue weighted by Gasteiger charge is 2.54. The summed E-state index contributed by atoms with van der Waals surface area (Å²) in [6.45, 7) is 1.92. The summed E-state index contributed by atoms with van der Waals surface area (Å²) in [6.07, 6.45) is 4.45. The fourth-order valence-corrected chi connectivity index (χ4v) is 6.22. The molecule has 6 aromatic rings. The van der Waals surface area contributed by atoms with E-state index in [1.54, 1.807) is 23.0 Å². The molecule has 4 aromatic heterocycles. The number of imidazole rings is 1. The van der Waals surface area contributed by atoms with Crippen LogP contribution in [0.15, 0.2) is 70.2 Å². The maximum absolute atomic E-state index is 13.6. The van der Waals surface area contributed by atoms with Gasteiger partial charge in [-0.25, -0.2) is 9.67 Å². The predicted octanol–water partition coefficient (Wildman–Crippen LogP) is 5.95. The van der Waals surface area contributed by atoms with Crippen molar-refractivity contribution < 1.29 is 4.52 Å². The Hall–Kier alpha value is -4.21. The Balaban J connectivity index is 1.19. The van der Waals surface area contributed by atoms with Gasteiger partial charge in [-0.3, -0.25) is 4.79 Å². The molecule has 0 saturated heterocycles. The van der Waals surface area contributed by atoms with E-state index in [9.17, 15) is 4.79 Å². The van der Waals surface area contributed by atoms with E-state index < -0.39 is 0 Å². The molecular formula is C28H19Cl2N7O2. The SMILES string of the molecule is Cc1noc2cc(-c3cnc(C4C5CC5c5cc(-c6cc(Cl)ccc6-n6cc(Cl)nn6)cc(=O)n54)[nH]3)ccc12. The van der Waals surface area contributed by atoms with Crippen LogP contribution in [0, 0.1) is 12.8 Å². The number of hydrogen-bond acceptors (Lipinski definition) is 6. The lowest BCUT2D eigenvalue weighted by Crippen LogP contribution is -2.26. The van der Waals surface area contributed by atoms with Crippen LogP contribution < -0.4 is 5.56 Å². The van der Waals surface area contributed by atoms with Gasteiger partial charge in [-0.1, -0.05) is 39.6 Å². The largest absolute Gasteiger partial charge is 0.356 e. The molecule has 2 aliphatic rings. The van der Waals surface area contributed by atoms with Crippen LogP contribution in [0.3, 0.4) is 0 Å². The molecule has 0 bridgehead atoms. The molecule has 2 aromatic carbocycles. The molecule has 11 heteroatoms. The first-order valence-corrected chi connectivity index (χ1v) is 13.3. The normalized spacial score (nSPS) is 19.4. The van der Waals surface area contributed by atoms with Gasteiger partial charge in [-0.15, -0.1) is 5.10 Å². The molecule has 3 unspecified atom stereocenters. The number of aromatic amines is 1. The predicted molar refractivity (Wildman–Crippen MR) is 146 cm³/mol. The lowest BCUT2D eigenvalue weighted by atomic mass is 10.0. The Bertz CT molecular complexity index is 2000. The molecule has 9 nitrogen and oxygen atoms in total. The highest BCUT2D eigenvalue weighted by atomic mass is 35.5. The molecule has 192 valence electrons. The van der Waals surface area contributed by atoms with Crippen LogP contribution in [0.5, 0.6) is 0 Å². The fraction of sp³-hybridized carbons (Fsp3) is 0.179. The number of hydrogen-bond donors (Lipinski definition) is 1. The molecule has 1 aliphatic heterocycles. The number of fused-ring (bicyclic) bond motifs is 4. The first-order chi connectivity index (χ1) is 18.9. The standard InChI is InChI=1S/C28H19Cl2N7O2/c1-13-17-4-2-14(7-24(17)39-34-13)21-11-31-28(32-21)27-20-10-19(20)23-6-15(8-26(38)37(23)27)18-9-16(29)3-5-22(18)36-12-25(30)33-35-36/h2-9,11-12,19-20,27H,10H2,1H3,(H,31,32). The minimum atomic E-state index is -0.149. The molecule has 8 rings (SSSR count). The number of nitrogens with one attached hydrogen (secondary N) is 1. The monoisotopic (exact) mass is 555 g/mol. The summed E-state index contributed by atoms with van der Waals surface area (Å²) >= 11 is 12.4. The van der Waals surface area contributed by atoms with Crippen LogP contribution in [-0.2, 0) is 0 Å². The molecule has 39 heavy (non-hydrogen) atoms. The van der Waals surface area contributed by atoms with Crippen LogP contribution in [-0.4, -0.2) is 34.7 Å². The maximum Gasteiger partial charge on any atom is 0.252 e. The first-order valence-electron chi connectivity index (χ1n) is 12.5. The second-order valence-corrected chi connectivity index (χ2v) is 11.0. The van der Waals surface area contributed by atoms with Crippen molar-refractivity contribution in [1.82, 2.24) is 34.7 Å². The average molecular weight is 556 g/mol.